The second kappa shape index (κ2) is 12.9. The Bertz CT molecular complexity index is 568. The summed E-state index contributed by atoms with van der Waals surface area (Å²) in [6, 6.07) is 20.5. The van der Waals surface area contributed by atoms with Crippen molar-refractivity contribution < 1.29 is 14.6 Å². The molecule has 0 bridgehead atoms. The lowest BCUT2D eigenvalue weighted by molar-refractivity contribution is -0.0245. The van der Waals surface area contributed by atoms with Crippen molar-refractivity contribution in [2.24, 2.45) is 0 Å². The predicted octanol–water partition coefficient (Wildman–Crippen LogP) is 3.71. The number of aliphatic hydroxyl groups is 1. The van der Waals surface area contributed by atoms with E-state index in [4.69, 9.17) is 21.1 Å². The second-order valence-corrected chi connectivity index (χ2v) is 6.94. The molecule has 2 atom stereocenters. The average molecular weight is 392 g/mol. The van der Waals surface area contributed by atoms with E-state index >= 15 is 0 Å². The molecule has 5 heteroatoms. The number of ether oxygens (including phenoxy) is 2. The van der Waals surface area contributed by atoms with E-state index < -0.39 is 6.10 Å². The van der Waals surface area contributed by atoms with E-state index in [0.29, 0.717) is 32.3 Å². The molecule has 0 aliphatic carbocycles. The Kier molecular flexibility index (Phi) is 10.4. The maximum atomic E-state index is 10.4. The van der Waals surface area contributed by atoms with Crippen molar-refractivity contribution in [3.8, 4) is 0 Å². The van der Waals surface area contributed by atoms with Gasteiger partial charge in [0.1, 0.15) is 0 Å². The number of hydrogen-bond donors (Lipinski definition) is 1. The Morgan fingerprint density at radius 3 is 1.85 bits per heavy atom. The highest BCUT2D eigenvalue weighted by Gasteiger charge is 2.24. The topological polar surface area (TPSA) is 41.9 Å². The standard InChI is InChI=1S/C22H30ClNO3/c1-19(25)22(18-27-15-14-26-13-12-23)24(16-20-8-4-2-5-9-20)17-21-10-6-3-7-11-21/h2-11,19,22,25H,12-18H2,1H3/t19-,22-/m1/s1. The molecule has 0 heterocycles. The summed E-state index contributed by atoms with van der Waals surface area (Å²) in [6.07, 6.45) is -0.513. The summed E-state index contributed by atoms with van der Waals surface area (Å²) in [5.41, 5.74) is 2.43. The third-order valence-electron chi connectivity index (χ3n) is 4.36. The van der Waals surface area contributed by atoms with Crippen LogP contribution in [0, 0.1) is 0 Å². The van der Waals surface area contributed by atoms with Crippen LogP contribution in [0.3, 0.4) is 0 Å². The second-order valence-electron chi connectivity index (χ2n) is 6.56. The van der Waals surface area contributed by atoms with Crippen molar-refractivity contribution in [1.82, 2.24) is 4.90 Å². The number of halogens is 1. The minimum Gasteiger partial charge on any atom is -0.392 e. The molecular formula is C22H30ClNO3. The summed E-state index contributed by atoms with van der Waals surface area (Å²) >= 11 is 5.60. The van der Waals surface area contributed by atoms with Gasteiger partial charge in [-0.2, -0.15) is 0 Å². The fourth-order valence-corrected chi connectivity index (χ4v) is 3.06. The van der Waals surface area contributed by atoms with Crippen LogP contribution in [0.2, 0.25) is 0 Å². The molecule has 27 heavy (non-hydrogen) atoms. The Labute approximate surface area is 167 Å². The van der Waals surface area contributed by atoms with Gasteiger partial charge in [-0.1, -0.05) is 60.7 Å². The zero-order chi connectivity index (χ0) is 19.3. The Morgan fingerprint density at radius 1 is 0.852 bits per heavy atom. The third kappa shape index (κ3) is 8.41. The zero-order valence-corrected chi connectivity index (χ0v) is 16.7. The first-order valence-corrected chi connectivity index (χ1v) is 9.95. The maximum Gasteiger partial charge on any atom is 0.0701 e. The molecule has 0 amide bonds. The number of nitrogens with zero attached hydrogens (tertiary/aromatic N) is 1. The molecule has 1 N–H and O–H groups in total. The van der Waals surface area contributed by atoms with Crippen LogP contribution in [0.1, 0.15) is 18.1 Å². The lowest BCUT2D eigenvalue weighted by atomic mass is 10.1. The van der Waals surface area contributed by atoms with Crippen LogP contribution in [0.25, 0.3) is 0 Å². The van der Waals surface area contributed by atoms with Crippen LogP contribution in [-0.4, -0.2) is 54.5 Å². The lowest BCUT2D eigenvalue weighted by Crippen LogP contribution is -2.45. The summed E-state index contributed by atoms with van der Waals surface area (Å²) in [5, 5.41) is 10.4. The average Bonchev–Trinajstić information content (AvgIpc) is 2.68. The molecule has 0 aliphatic heterocycles. The number of hydrogen-bond acceptors (Lipinski definition) is 4. The highest BCUT2D eigenvalue weighted by Crippen LogP contribution is 2.16. The normalized spacial score (nSPS) is 13.6. The first-order valence-electron chi connectivity index (χ1n) is 9.42. The fourth-order valence-electron chi connectivity index (χ4n) is 2.95. The molecule has 148 valence electrons. The number of alkyl halides is 1. The summed E-state index contributed by atoms with van der Waals surface area (Å²) in [4.78, 5) is 2.27. The fraction of sp³-hybridized carbons (Fsp3) is 0.455. The Hall–Kier alpha value is -1.43. The van der Waals surface area contributed by atoms with E-state index in [1.807, 2.05) is 43.3 Å². The molecule has 2 aromatic carbocycles. The van der Waals surface area contributed by atoms with Gasteiger partial charge in [0.15, 0.2) is 0 Å². The van der Waals surface area contributed by atoms with Gasteiger partial charge in [-0.25, -0.2) is 0 Å². The lowest BCUT2D eigenvalue weighted by Gasteiger charge is -2.33. The van der Waals surface area contributed by atoms with Crippen LogP contribution in [0.15, 0.2) is 60.7 Å². The molecule has 0 radical (unpaired) electrons. The molecule has 0 fully saturated rings. The van der Waals surface area contributed by atoms with Gasteiger partial charge in [-0.05, 0) is 18.1 Å². The van der Waals surface area contributed by atoms with Crippen molar-refractivity contribution in [1.29, 1.82) is 0 Å². The van der Waals surface area contributed by atoms with Gasteiger partial charge in [-0.3, -0.25) is 4.90 Å². The molecule has 0 unspecified atom stereocenters. The number of aliphatic hydroxyl groups excluding tert-OH is 1. The minimum absolute atomic E-state index is 0.113. The highest BCUT2D eigenvalue weighted by molar-refractivity contribution is 6.17. The predicted molar refractivity (Wildman–Crippen MR) is 110 cm³/mol. The van der Waals surface area contributed by atoms with E-state index in [-0.39, 0.29) is 6.04 Å². The quantitative estimate of drug-likeness (QED) is 0.417. The monoisotopic (exact) mass is 391 g/mol. The van der Waals surface area contributed by atoms with Crippen molar-refractivity contribution >= 4 is 11.6 Å². The van der Waals surface area contributed by atoms with Crippen molar-refractivity contribution in [3.63, 3.8) is 0 Å². The summed E-state index contributed by atoms with van der Waals surface area (Å²) in [6.45, 7) is 5.29. The van der Waals surface area contributed by atoms with Crippen molar-refractivity contribution in [2.75, 3.05) is 32.3 Å². The van der Waals surface area contributed by atoms with Crippen LogP contribution < -0.4 is 0 Å². The third-order valence-corrected chi connectivity index (χ3v) is 4.52. The molecule has 0 aliphatic rings. The van der Waals surface area contributed by atoms with E-state index in [1.54, 1.807) is 0 Å². The van der Waals surface area contributed by atoms with Crippen LogP contribution >= 0.6 is 11.6 Å². The number of rotatable bonds is 13. The minimum atomic E-state index is -0.513. The van der Waals surface area contributed by atoms with E-state index in [1.165, 1.54) is 11.1 Å². The van der Waals surface area contributed by atoms with Gasteiger partial charge in [0, 0.05) is 19.0 Å². The van der Waals surface area contributed by atoms with Crippen molar-refractivity contribution in [3.05, 3.63) is 71.8 Å². The summed E-state index contributed by atoms with van der Waals surface area (Å²) in [7, 11) is 0. The largest absolute Gasteiger partial charge is 0.392 e. The SMILES string of the molecule is C[C@@H](O)[C@@H](COCCOCCCl)N(Cc1ccccc1)Cc1ccccc1. The summed E-state index contributed by atoms with van der Waals surface area (Å²) in [5.74, 6) is 0.484. The van der Waals surface area contributed by atoms with E-state index in [9.17, 15) is 5.11 Å². The number of benzene rings is 2. The molecule has 4 nitrogen and oxygen atoms in total. The molecule has 0 saturated carbocycles. The van der Waals surface area contributed by atoms with Gasteiger partial charge in [-0.15, -0.1) is 11.6 Å². The first kappa shape index (κ1) is 21.9. The molecule has 0 saturated heterocycles. The molecule has 0 spiro atoms. The van der Waals surface area contributed by atoms with Gasteiger partial charge in [0.25, 0.3) is 0 Å². The molecule has 0 aromatic heterocycles. The Balaban J connectivity index is 2.02. The molecule has 2 rings (SSSR count). The van der Waals surface area contributed by atoms with Crippen LogP contribution in [0.4, 0.5) is 0 Å². The van der Waals surface area contributed by atoms with Gasteiger partial charge < -0.3 is 14.6 Å². The smallest absolute Gasteiger partial charge is 0.0701 e. The Morgan fingerprint density at radius 2 is 1.37 bits per heavy atom. The van der Waals surface area contributed by atoms with Gasteiger partial charge in [0.05, 0.1) is 38.6 Å². The maximum absolute atomic E-state index is 10.4. The van der Waals surface area contributed by atoms with E-state index in [2.05, 4.69) is 29.2 Å². The van der Waals surface area contributed by atoms with Gasteiger partial charge in [0.2, 0.25) is 0 Å². The zero-order valence-electron chi connectivity index (χ0n) is 16.0. The van der Waals surface area contributed by atoms with Crippen LogP contribution in [0.5, 0.6) is 0 Å². The van der Waals surface area contributed by atoms with E-state index in [0.717, 1.165) is 13.1 Å². The molecule has 2 aromatic rings. The van der Waals surface area contributed by atoms with Crippen molar-refractivity contribution in [2.45, 2.75) is 32.2 Å². The molecular weight excluding hydrogens is 362 g/mol. The first-order chi connectivity index (χ1) is 13.2. The van der Waals surface area contributed by atoms with Gasteiger partial charge >= 0.3 is 0 Å². The van der Waals surface area contributed by atoms with Crippen LogP contribution in [-0.2, 0) is 22.6 Å². The highest BCUT2D eigenvalue weighted by atomic mass is 35.5. The summed E-state index contributed by atoms with van der Waals surface area (Å²) < 4.78 is 11.1.